The van der Waals surface area contributed by atoms with E-state index in [1.54, 1.807) is 0 Å². The second-order valence-corrected chi connectivity index (χ2v) is 6.87. The zero-order valence-corrected chi connectivity index (χ0v) is 16.4. The van der Waals surface area contributed by atoms with Crippen LogP contribution in [0.5, 0.6) is 0 Å². The van der Waals surface area contributed by atoms with Crippen LogP contribution in [0.25, 0.3) is 0 Å². The molecule has 24 heavy (non-hydrogen) atoms. The number of unbranched alkanes of at least 4 members (excludes halogenated alkanes) is 3. The lowest BCUT2D eigenvalue weighted by Crippen LogP contribution is -2.59. The molecular formula is C18H36O5S. The highest BCUT2D eigenvalue weighted by Gasteiger charge is 2.45. The SMILES string of the molecule is CCCCOCC1O[C@H](S)[C@H](O)C(OCCCC)[C@@H]1OCCCC. The molecule has 0 radical (unpaired) electrons. The van der Waals surface area contributed by atoms with Crippen LogP contribution in [-0.2, 0) is 18.9 Å². The fourth-order valence-corrected chi connectivity index (χ4v) is 2.93. The number of hydrogen-bond acceptors (Lipinski definition) is 6. The normalized spacial score (nSPS) is 30.6. The third-order valence-corrected chi connectivity index (χ3v) is 4.60. The fourth-order valence-electron chi connectivity index (χ4n) is 2.61. The van der Waals surface area contributed by atoms with E-state index >= 15 is 0 Å². The van der Waals surface area contributed by atoms with Crippen molar-refractivity contribution < 1.29 is 24.1 Å². The molecular weight excluding hydrogens is 328 g/mol. The van der Waals surface area contributed by atoms with Gasteiger partial charge < -0.3 is 24.1 Å². The van der Waals surface area contributed by atoms with E-state index in [-0.39, 0.29) is 12.2 Å². The van der Waals surface area contributed by atoms with Crippen molar-refractivity contribution in [2.45, 2.75) is 89.1 Å². The van der Waals surface area contributed by atoms with Crippen LogP contribution in [0, 0.1) is 0 Å². The van der Waals surface area contributed by atoms with Crippen LogP contribution in [0.1, 0.15) is 59.3 Å². The van der Waals surface area contributed by atoms with Gasteiger partial charge in [-0.1, -0.05) is 40.0 Å². The molecule has 5 nitrogen and oxygen atoms in total. The monoisotopic (exact) mass is 364 g/mol. The summed E-state index contributed by atoms with van der Waals surface area (Å²) in [5.74, 6) is 0. The molecule has 6 heteroatoms. The van der Waals surface area contributed by atoms with E-state index in [0.717, 1.165) is 38.5 Å². The summed E-state index contributed by atoms with van der Waals surface area (Å²) in [6, 6.07) is 0. The summed E-state index contributed by atoms with van der Waals surface area (Å²) >= 11 is 4.37. The molecule has 1 aliphatic heterocycles. The molecule has 1 fully saturated rings. The highest BCUT2D eigenvalue weighted by Crippen LogP contribution is 2.28. The molecule has 0 aromatic carbocycles. The highest BCUT2D eigenvalue weighted by molar-refractivity contribution is 7.80. The van der Waals surface area contributed by atoms with E-state index in [4.69, 9.17) is 18.9 Å². The summed E-state index contributed by atoms with van der Waals surface area (Å²) in [5.41, 5.74) is -0.581. The van der Waals surface area contributed by atoms with Crippen LogP contribution in [0.3, 0.4) is 0 Å². The van der Waals surface area contributed by atoms with Crippen molar-refractivity contribution in [3.05, 3.63) is 0 Å². The van der Waals surface area contributed by atoms with Gasteiger partial charge in [0, 0.05) is 19.8 Å². The Morgan fingerprint density at radius 1 is 0.875 bits per heavy atom. The molecule has 1 heterocycles. The minimum Gasteiger partial charge on any atom is -0.387 e. The Kier molecular flexibility index (Phi) is 12.4. The first-order valence-electron chi connectivity index (χ1n) is 9.48. The molecule has 0 spiro atoms. The van der Waals surface area contributed by atoms with Gasteiger partial charge in [-0.15, -0.1) is 12.6 Å². The number of aliphatic hydroxyl groups is 1. The summed E-state index contributed by atoms with van der Waals surface area (Å²) in [4.78, 5) is 0. The Labute approximate surface area is 152 Å². The first-order chi connectivity index (χ1) is 11.7. The van der Waals surface area contributed by atoms with Gasteiger partial charge in [0.25, 0.3) is 0 Å². The third-order valence-electron chi connectivity index (χ3n) is 4.17. The maximum atomic E-state index is 10.4. The van der Waals surface area contributed by atoms with E-state index in [1.807, 2.05) is 0 Å². The Morgan fingerprint density at radius 3 is 2.00 bits per heavy atom. The standard InChI is InChI=1S/C18H36O5S/c1-4-7-10-20-13-14-16(21-11-8-5-2)17(22-12-9-6-3)15(19)18(24)23-14/h14-19,24H,4-13H2,1-3H3/t14?,15-,16-,17?,18-/m1/s1. The van der Waals surface area contributed by atoms with Crippen molar-refractivity contribution in [2.75, 3.05) is 26.4 Å². The fraction of sp³-hybridized carbons (Fsp3) is 1.00. The van der Waals surface area contributed by atoms with Gasteiger partial charge in [0.2, 0.25) is 0 Å². The molecule has 1 rings (SSSR count). The predicted molar refractivity (Wildman–Crippen MR) is 98.7 cm³/mol. The lowest BCUT2D eigenvalue weighted by molar-refractivity contribution is -0.237. The molecule has 0 aliphatic carbocycles. The summed E-state index contributed by atoms with van der Waals surface area (Å²) in [7, 11) is 0. The molecule has 5 atom stereocenters. The lowest BCUT2D eigenvalue weighted by Gasteiger charge is -2.43. The van der Waals surface area contributed by atoms with Gasteiger partial charge >= 0.3 is 0 Å². The minimum absolute atomic E-state index is 0.267. The van der Waals surface area contributed by atoms with Crippen LogP contribution in [0.15, 0.2) is 0 Å². The van der Waals surface area contributed by atoms with Crippen molar-refractivity contribution in [3.63, 3.8) is 0 Å². The van der Waals surface area contributed by atoms with Crippen LogP contribution >= 0.6 is 12.6 Å². The van der Waals surface area contributed by atoms with Gasteiger partial charge in [-0.2, -0.15) is 0 Å². The third kappa shape index (κ3) is 7.58. The molecule has 144 valence electrons. The second-order valence-electron chi connectivity index (χ2n) is 6.36. The van der Waals surface area contributed by atoms with Gasteiger partial charge in [-0.3, -0.25) is 0 Å². The van der Waals surface area contributed by atoms with Crippen LogP contribution < -0.4 is 0 Å². The zero-order chi connectivity index (χ0) is 17.8. The van der Waals surface area contributed by atoms with Crippen LogP contribution in [0.2, 0.25) is 0 Å². The highest BCUT2D eigenvalue weighted by atomic mass is 32.1. The predicted octanol–water partition coefficient (Wildman–Crippen LogP) is 3.19. The molecule has 1 N–H and O–H groups in total. The number of rotatable bonds is 13. The Bertz CT molecular complexity index is 305. The summed E-state index contributed by atoms with van der Waals surface area (Å²) in [6.45, 7) is 8.76. The molecule has 0 aromatic heterocycles. The van der Waals surface area contributed by atoms with Crippen molar-refractivity contribution >= 4 is 12.6 Å². The van der Waals surface area contributed by atoms with Crippen molar-refractivity contribution in [1.82, 2.24) is 0 Å². The van der Waals surface area contributed by atoms with Gasteiger partial charge in [-0.05, 0) is 19.3 Å². The Hall–Kier alpha value is 0.150. The Balaban J connectivity index is 2.68. The van der Waals surface area contributed by atoms with Crippen molar-refractivity contribution in [2.24, 2.45) is 0 Å². The summed E-state index contributed by atoms with van der Waals surface area (Å²) < 4.78 is 23.6. The lowest BCUT2D eigenvalue weighted by atomic mass is 9.99. The largest absolute Gasteiger partial charge is 0.387 e. The van der Waals surface area contributed by atoms with Gasteiger partial charge in [0.05, 0.1) is 6.61 Å². The van der Waals surface area contributed by atoms with Gasteiger partial charge in [0.15, 0.2) is 0 Å². The number of hydrogen-bond donors (Lipinski definition) is 2. The van der Waals surface area contributed by atoms with Gasteiger partial charge in [-0.25, -0.2) is 0 Å². The molecule has 0 amide bonds. The number of thiol groups is 1. The molecule has 0 bridgehead atoms. The molecule has 0 saturated carbocycles. The topological polar surface area (TPSA) is 57.2 Å². The van der Waals surface area contributed by atoms with Gasteiger partial charge in [0.1, 0.15) is 29.9 Å². The van der Waals surface area contributed by atoms with E-state index in [0.29, 0.717) is 26.4 Å². The average molecular weight is 365 g/mol. The van der Waals surface area contributed by atoms with Crippen molar-refractivity contribution in [3.8, 4) is 0 Å². The maximum absolute atomic E-state index is 10.4. The first kappa shape index (κ1) is 22.2. The molecule has 2 unspecified atom stereocenters. The molecule has 1 aliphatic rings. The summed E-state index contributed by atoms with van der Waals surface area (Å²) in [6.07, 6.45) is 4.34. The van der Waals surface area contributed by atoms with E-state index in [1.165, 1.54) is 0 Å². The molecule has 0 aromatic rings. The Morgan fingerprint density at radius 2 is 1.42 bits per heavy atom. The minimum atomic E-state index is -0.802. The van der Waals surface area contributed by atoms with Crippen molar-refractivity contribution in [1.29, 1.82) is 0 Å². The quantitative estimate of drug-likeness (QED) is 0.388. The number of aliphatic hydroxyl groups excluding tert-OH is 1. The smallest absolute Gasteiger partial charge is 0.129 e. The first-order valence-corrected chi connectivity index (χ1v) is 9.99. The zero-order valence-electron chi connectivity index (χ0n) is 15.5. The van der Waals surface area contributed by atoms with E-state index < -0.39 is 17.6 Å². The molecule has 1 saturated heterocycles. The average Bonchev–Trinajstić information content (AvgIpc) is 2.58. The summed E-state index contributed by atoms with van der Waals surface area (Å²) in [5, 5.41) is 10.4. The number of ether oxygens (including phenoxy) is 4. The van der Waals surface area contributed by atoms with E-state index in [9.17, 15) is 5.11 Å². The second kappa shape index (κ2) is 13.4. The van der Waals surface area contributed by atoms with Crippen LogP contribution in [0.4, 0.5) is 0 Å². The van der Waals surface area contributed by atoms with Crippen LogP contribution in [-0.4, -0.2) is 61.4 Å². The van der Waals surface area contributed by atoms with E-state index in [2.05, 4.69) is 33.4 Å². The maximum Gasteiger partial charge on any atom is 0.129 e.